The molecule has 0 aromatic heterocycles. The summed E-state index contributed by atoms with van der Waals surface area (Å²) < 4.78 is 0.280. The third-order valence-corrected chi connectivity index (χ3v) is 4.00. The lowest BCUT2D eigenvalue weighted by molar-refractivity contribution is -0.144. The SMILES string of the molecule is C[C@H](C(=O)O)N1C(=O)/C(=C\c2ccccc2)SC1=S. The smallest absolute Gasteiger partial charge is 0.326 e. The van der Waals surface area contributed by atoms with Gasteiger partial charge in [-0.15, -0.1) is 0 Å². The van der Waals surface area contributed by atoms with Gasteiger partial charge in [0.1, 0.15) is 10.4 Å². The number of carbonyl (C=O) groups is 2. The van der Waals surface area contributed by atoms with Crippen LogP contribution in [0.15, 0.2) is 35.2 Å². The second kappa shape index (κ2) is 5.54. The number of hydrogen-bond donors (Lipinski definition) is 1. The molecule has 1 aliphatic heterocycles. The van der Waals surface area contributed by atoms with Crippen molar-refractivity contribution in [3.05, 3.63) is 40.8 Å². The maximum absolute atomic E-state index is 12.2. The highest BCUT2D eigenvalue weighted by atomic mass is 32.2. The first-order valence-corrected chi connectivity index (χ1v) is 6.78. The molecule has 2 rings (SSSR count). The molecule has 1 aromatic carbocycles. The zero-order chi connectivity index (χ0) is 14.0. The minimum absolute atomic E-state index is 0.280. The van der Waals surface area contributed by atoms with Gasteiger partial charge in [-0.3, -0.25) is 9.69 Å². The van der Waals surface area contributed by atoms with Gasteiger partial charge in [0.25, 0.3) is 5.91 Å². The van der Waals surface area contributed by atoms with Crippen molar-refractivity contribution in [1.82, 2.24) is 4.90 Å². The lowest BCUT2D eigenvalue weighted by Gasteiger charge is -2.18. The first kappa shape index (κ1) is 13.8. The lowest BCUT2D eigenvalue weighted by Crippen LogP contribution is -2.41. The fraction of sp³-hybridized carbons (Fsp3) is 0.154. The number of amides is 1. The molecular weight excluding hydrogens is 282 g/mol. The van der Waals surface area contributed by atoms with Crippen LogP contribution in [0.3, 0.4) is 0 Å². The monoisotopic (exact) mass is 293 g/mol. The van der Waals surface area contributed by atoms with Crippen molar-refractivity contribution in [3.63, 3.8) is 0 Å². The van der Waals surface area contributed by atoms with E-state index in [9.17, 15) is 9.59 Å². The second-order valence-corrected chi connectivity index (χ2v) is 5.65. The van der Waals surface area contributed by atoms with E-state index in [1.807, 2.05) is 30.3 Å². The molecule has 0 saturated carbocycles. The summed E-state index contributed by atoms with van der Waals surface area (Å²) in [5.74, 6) is -1.42. The molecule has 1 aliphatic rings. The molecule has 1 atom stereocenters. The van der Waals surface area contributed by atoms with E-state index in [-0.39, 0.29) is 10.2 Å². The Kier molecular flexibility index (Phi) is 4.01. The van der Waals surface area contributed by atoms with E-state index in [0.29, 0.717) is 4.91 Å². The quantitative estimate of drug-likeness (QED) is 0.685. The zero-order valence-corrected chi connectivity index (χ0v) is 11.7. The van der Waals surface area contributed by atoms with Gasteiger partial charge < -0.3 is 5.11 Å². The molecular formula is C13H11NO3S2. The van der Waals surface area contributed by atoms with E-state index < -0.39 is 12.0 Å². The number of thiocarbonyl (C=S) groups is 1. The maximum Gasteiger partial charge on any atom is 0.326 e. The Morgan fingerprint density at radius 3 is 2.63 bits per heavy atom. The first-order valence-electron chi connectivity index (χ1n) is 5.55. The van der Waals surface area contributed by atoms with Crippen LogP contribution in [0, 0.1) is 0 Å². The third kappa shape index (κ3) is 2.85. The van der Waals surface area contributed by atoms with Gasteiger partial charge in [0.05, 0.1) is 4.91 Å². The fourth-order valence-corrected chi connectivity index (χ4v) is 3.04. The summed E-state index contributed by atoms with van der Waals surface area (Å²) in [6.45, 7) is 1.44. The van der Waals surface area contributed by atoms with Crippen LogP contribution in [0.5, 0.6) is 0 Å². The maximum atomic E-state index is 12.2. The van der Waals surface area contributed by atoms with Crippen LogP contribution in [-0.4, -0.2) is 32.2 Å². The van der Waals surface area contributed by atoms with Gasteiger partial charge in [-0.25, -0.2) is 4.79 Å². The molecule has 0 aliphatic carbocycles. The molecule has 1 saturated heterocycles. The Labute approximate surface area is 120 Å². The Morgan fingerprint density at radius 2 is 2.05 bits per heavy atom. The van der Waals surface area contributed by atoms with Gasteiger partial charge >= 0.3 is 5.97 Å². The molecule has 1 heterocycles. The van der Waals surface area contributed by atoms with Crippen LogP contribution in [0.2, 0.25) is 0 Å². The molecule has 0 radical (unpaired) electrons. The number of carbonyl (C=O) groups excluding carboxylic acids is 1. The normalized spacial score (nSPS) is 19.0. The molecule has 0 spiro atoms. The number of benzene rings is 1. The first-order chi connectivity index (χ1) is 9.00. The Bertz CT molecular complexity index is 569. The van der Waals surface area contributed by atoms with Gasteiger partial charge in [-0.2, -0.15) is 0 Å². The molecule has 1 amide bonds. The van der Waals surface area contributed by atoms with E-state index >= 15 is 0 Å². The van der Waals surface area contributed by atoms with Crippen LogP contribution >= 0.6 is 24.0 Å². The minimum Gasteiger partial charge on any atom is -0.480 e. The fourth-order valence-electron chi connectivity index (χ4n) is 1.62. The third-order valence-electron chi connectivity index (χ3n) is 2.67. The molecule has 1 fully saturated rings. The summed E-state index contributed by atoms with van der Waals surface area (Å²) >= 11 is 6.20. The molecule has 6 heteroatoms. The highest BCUT2D eigenvalue weighted by Crippen LogP contribution is 2.33. The van der Waals surface area contributed by atoms with Gasteiger partial charge in [0, 0.05) is 0 Å². The largest absolute Gasteiger partial charge is 0.480 e. The molecule has 1 aromatic rings. The molecule has 4 nitrogen and oxygen atoms in total. The van der Waals surface area contributed by atoms with E-state index in [1.165, 1.54) is 6.92 Å². The Hall–Kier alpha value is -1.66. The average molecular weight is 293 g/mol. The summed E-state index contributed by atoms with van der Waals surface area (Å²) in [7, 11) is 0. The Morgan fingerprint density at radius 1 is 1.42 bits per heavy atom. The van der Waals surface area contributed by atoms with E-state index in [2.05, 4.69) is 0 Å². The van der Waals surface area contributed by atoms with Crippen LogP contribution < -0.4 is 0 Å². The summed E-state index contributed by atoms with van der Waals surface area (Å²) in [5.41, 5.74) is 0.881. The zero-order valence-electron chi connectivity index (χ0n) is 10.1. The standard InChI is InChI=1S/C13H11NO3S2/c1-8(12(16)17)14-11(15)10(19-13(14)18)7-9-5-3-2-4-6-9/h2-8H,1H3,(H,16,17)/b10-7+/t8-/m1/s1. The van der Waals surface area contributed by atoms with Gasteiger partial charge in [-0.1, -0.05) is 54.3 Å². The molecule has 0 bridgehead atoms. The van der Waals surface area contributed by atoms with E-state index in [0.717, 1.165) is 22.2 Å². The number of thioether (sulfide) groups is 1. The number of hydrogen-bond acceptors (Lipinski definition) is 4. The molecule has 98 valence electrons. The molecule has 1 N–H and O–H groups in total. The number of rotatable bonds is 3. The molecule has 19 heavy (non-hydrogen) atoms. The predicted octanol–water partition coefficient (Wildman–Crippen LogP) is 2.36. The highest BCUT2D eigenvalue weighted by molar-refractivity contribution is 8.26. The summed E-state index contributed by atoms with van der Waals surface area (Å²) in [4.78, 5) is 24.7. The van der Waals surface area contributed by atoms with Crippen LogP contribution in [-0.2, 0) is 9.59 Å². The van der Waals surface area contributed by atoms with Gasteiger partial charge in [0.2, 0.25) is 0 Å². The van der Waals surface area contributed by atoms with E-state index in [4.69, 9.17) is 17.3 Å². The van der Waals surface area contributed by atoms with Crippen LogP contribution in [0.4, 0.5) is 0 Å². The number of nitrogens with zero attached hydrogens (tertiary/aromatic N) is 1. The number of aliphatic carboxylic acids is 1. The summed E-state index contributed by atoms with van der Waals surface area (Å²) in [6.07, 6.45) is 1.72. The second-order valence-electron chi connectivity index (χ2n) is 3.98. The highest BCUT2D eigenvalue weighted by Gasteiger charge is 2.38. The summed E-state index contributed by atoms with van der Waals surface area (Å²) in [5, 5.41) is 8.97. The topological polar surface area (TPSA) is 57.6 Å². The lowest BCUT2D eigenvalue weighted by atomic mass is 10.2. The van der Waals surface area contributed by atoms with Crippen molar-refractivity contribution in [2.24, 2.45) is 0 Å². The van der Waals surface area contributed by atoms with Crippen molar-refractivity contribution in [2.75, 3.05) is 0 Å². The van der Waals surface area contributed by atoms with Gasteiger partial charge in [0.15, 0.2) is 0 Å². The van der Waals surface area contributed by atoms with Gasteiger partial charge in [-0.05, 0) is 18.6 Å². The van der Waals surface area contributed by atoms with Crippen molar-refractivity contribution in [3.8, 4) is 0 Å². The van der Waals surface area contributed by atoms with Crippen molar-refractivity contribution >= 4 is 46.3 Å². The number of carboxylic acid groups (broad SMARTS) is 1. The van der Waals surface area contributed by atoms with Crippen LogP contribution in [0.25, 0.3) is 6.08 Å². The van der Waals surface area contributed by atoms with Crippen molar-refractivity contribution < 1.29 is 14.7 Å². The van der Waals surface area contributed by atoms with Crippen LogP contribution in [0.1, 0.15) is 12.5 Å². The van der Waals surface area contributed by atoms with Crippen molar-refractivity contribution in [1.29, 1.82) is 0 Å². The minimum atomic E-state index is -1.07. The van der Waals surface area contributed by atoms with E-state index in [1.54, 1.807) is 6.08 Å². The average Bonchev–Trinajstić information content (AvgIpc) is 2.65. The summed E-state index contributed by atoms with van der Waals surface area (Å²) in [6, 6.07) is 8.41. The Balaban J connectivity index is 2.28. The molecule has 0 unspecified atom stereocenters. The van der Waals surface area contributed by atoms with Crippen molar-refractivity contribution in [2.45, 2.75) is 13.0 Å². The number of carboxylic acids is 1. The predicted molar refractivity (Wildman–Crippen MR) is 78.6 cm³/mol.